The van der Waals surface area contributed by atoms with Crippen LogP contribution in [0.2, 0.25) is 0 Å². The first-order valence-electron chi connectivity index (χ1n) is 5.25. The largest absolute Gasteiger partial charge is 0.399 e. The fourth-order valence-electron chi connectivity index (χ4n) is 2.26. The SMILES string of the molecule is CC(=O)N1CCc2ccc(N)cc2C1C. The molecule has 1 amide bonds. The van der Waals surface area contributed by atoms with Gasteiger partial charge in [0.25, 0.3) is 0 Å². The van der Waals surface area contributed by atoms with Gasteiger partial charge >= 0.3 is 0 Å². The summed E-state index contributed by atoms with van der Waals surface area (Å²) in [6, 6.07) is 6.12. The number of anilines is 1. The van der Waals surface area contributed by atoms with Gasteiger partial charge in [-0.3, -0.25) is 4.79 Å². The van der Waals surface area contributed by atoms with E-state index in [1.165, 1.54) is 11.1 Å². The van der Waals surface area contributed by atoms with Crippen LogP contribution in [-0.4, -0.2) is 17.4 Å². The van der Waals surface area contributed by atoms with Gasteiger partial charge in [-0.25, -0.2) is 0 Å². The molecule has 1 aliphatic rings. The maximum atomic E-state index is 11.4. The lowest BCUT2D eigenvalue weighted by atomic mass is 9.93. The van der Waals surface area contributed by atoms with Crippen LogP contribution in [-0.2, 0) is 11.2 Å². The number of carbonyl (C=O) groups is 1. The minimum absolute atomic E-state index is 0.135. The molecule has 3 heteroatoms. The number of rotatable bonds is 0. The van der Waals surface area contributed by atoms with Gasteiger partial charge in [-0.15, -0.1) is 0 Å². The third kappa shape index (κ3) is 1.69. The van der Waals surface area contributed by atoms with E-state index >= 15 is 0 Å². The maximum absolute atomic E-state index is 11.4. The number of hydrogen-bond acceptors (Lipinski definition) is 2. The van der Waals surface area contributed by atoms with Crippen LogP contribution >= 0.6 is 0 Å². The van der Waals surface area contributed by atoms with Gasteiger partial charge in [-0.05, 0) is 36.6 Å². The highest BCUT2D eigenvalue weighted by molar-refractivity contribution is 5.74. The Bertz CT molecular complexity index is 401. The van der Waals surface area contributed by atoms with Gasteiger partial charge in [-0.2, -0.15) is 0 Å². The first-order valence-corrected chi connectivity index (χ1v) is 5.25. The van der Waals surface area contributed by atoms with E-state index in [0.29, 0.717) is 0 Å². The molecule has 0 fully saturated rings. The predicted octanol–water partition coefficient (Wildman–Crippen LogP) is 1.73. The quantitative estimate of drug-likeness (QED) is 0.654. The Morgan fingerprint density at radius 3 is 2.93 bits per heavy atom. The number of nitrogen functional groups attached to an aromatic ring is 1. The molecule has 0 aromatic heterocycles. The highest BCUT2D eigenvalue weighted by Gasteiger charge is 2.25. The average molecular weight is 204 g/mol. The van der Waals surface area contributed by atoms with Crippen molar-refractivity contribution < 1.29 is 4.79 Å². The Morgan fingerprint density at radius 1 is 1.53 bits per heavy atom. The summed E-state index contributed by atoms with van der Waals surface area (Å²) in [6.07, 6.45) is 0.930. The maximum Gasteiger partial charge on any atom is 0.219 e. The molecular formula is C12H16N2O. The van der Waals surface area contributed by atoms with Crippen molar-refractivity contribution in [2.75, 3.05) is 12.3 Å². The van der Waals surface area contributed by atoms with E-state index in [1.807, 2.05) is 17.0 Å². The molecule has 1 aromatic carbocycles. The lowest BCUT2D eigenvalue weighted by molar-refractivity contribution is -0.131. The van der Waals surface area contributed by atoms with Crippen LogP contribution in [0.5, 0.6) is 0 Å². The van der Waals surface area contributed by atoms with Gasteiger partial charge < -0.3 is 10.6 Å². The summed E-state index contributed by atoms with van der Waals surface area (Å²) in [6.45, 7) is 4.49. The Balaban J connectivity index is 2.40. The van der Waals surface area contributed by atoms with Crippen LogP contribution < -0.4 is 5.73 Å². The minimum atomic E-state index is 0.135. The Hall–Kier alpha value is -1.51. The summed E-state index contributed by atoms with van der Waals surface area (Å²) >= 11 is 0. The van der Waals surface area contributed by atoms with Crippen LogP contribution in [0.25, 0.3) is 0 Å². The Kier molecular flexibility index (Phi) is 2.39. The molecule has 0 bridgehead atoms. The van der Waals surface area contributed by atoms with Crippen LogP contribution in [0.1, 0.15) is 31.0 Å². The van der Waals surface area contributed by atoms with E-state index in [1.54, 1.807) is 6.92 Å². The number of nitrogens with zero attached hydrogens (tertiary/aromatic N) is 1. The standard InChI is InChI=1S/C12H16N2O/c1-8-12-7-11(13)4-3-10(12)5-6-14(8)9(2)15/h3-4,7-8H,5-6,13H2,1-2H3. The van der Waals surface area contributed by atoms with Crippen molar-refractivity contribution in [3.8, 4) is 0 Å². The van der Waals surface area contributed by atoms with Crippen molar-refractivity contribution >= 4 is 11.6 Å². The van der Waals surface area contributed by atoms with Crippen molar-refractivity contribution in [3.63, 3.8) is 0 Å². The normalized spacial score (nSPS) is 19.9. The van der Waals surface area contributed by atoms with E-state index < -0.39 is 0 Å². The molecule has 2 N–H and O–H groups in total. The van der Waals surface area contributed by atoms with Crippen LogP contribution in [0.4, 0.5) is 5.69 Å². The molecule has 0 radical (unpaired) electrons. The highest BCUT2D eigenvalue weighted by atomic mass is 16.2. The third-order valence-corrected chi connectivity index (χ3v) is 3.11. The summed E-state index contributed by atoms with van der Waals surface area (Å²) < 4.78 is 0. The van der Waals surface area contributed by atoms with E-state index in [9.17, 15) is 4.79 Å². The molecule has 1 aliphatic heterocycles. The molecule has 1 unspecified atom stereocenters. The average Bonchev–Trinajstić information content (AvgIpc) is 2.19. The first-order chi connectivity index (χ1) is 7.09. The van der Waals surface area contributed by atoms with E-state index in [2.05, 4.69) is 13.0 Å². The zero-order valence-electron chi connectivity index (χ0n) is 9.16. The number of amides is 1. The van der Waals surface area contributed by atoms with Crippen LogP contribution in [0.15, 0.2) is 18.2 Å². The van der Waals surface area contributed by atoms with E-state index in [0.717, 1.165) is 18.7 Å². The zero-order chi connectivity index (χ0) is 11.0. The summed E-state index contributed by atoms with van der Waals surface area (Å²) in [5.74, 6) is 0.135. The second-order valence-electron chi connectivity index (χ2n) is 4.10. The molecule has 3 nitrogen and oxygen atoms in total. The molecule has 2 rings (SSSR count). The molecule has 1 heterocycles. The number of carbonyl (C=O) groups excluding carboxylic acids is 1. The van der Waals surface area contributed by atoms with E-state index in [4.69, 9.17) is 5.73 Å². The summed E-state index contributed by atoms with van der Waals surface area (Å²) in [4.78, 5) is 13.3. The molecule has 80 valence electrons. The Labute approximate surface area is 89.9 Å². The number of fused-ring (bicyclic) bond motifs is 1. The van der Waals surface area contributed by atoms with Gasteiger partial charge in [0.2, 0.25) is 5.91 Å². The highest BCUT2D eigenvalue weighted by Crippen LogP contribution is 2.30. The van der Waals surface area contributed by atoms with E-state index in [-0.39, 0.29) is 11.9 Å². The zero-order valence-corrected chi connectivity index (χ0v) is 9.16. The smallest absolute Gasteiger partial charge is 0.219 e. The van der Waals surface area contributed by atoms with Gasteiger partial charge in [0.1, 0.15) is 0 Å². The lowest BCUT2D eigenvalue weighted by Crippen LogP contribution is -2.37. The number of hydrogen-bond donors (Lipinski definition) is 1. The molecule has 0 spiro atoms. The monoisotopic (exact) mass is 204 g/mol. The molecule has 0 saturated heterocycles. The fraction of sp³-hybridized carbons (Fsp3) is 0.417. The summed E-state index contributed by atoms with van der Waals surface area (Å²) in [7, 11) is 0. The fourth-order valence-corrected chi connectivity index (χ4v) is 2.26. The lowest BCUT2D eigenvalue weighted by Gasteiger charge is -2.34. The molecule has 1 aromatic rings. The minimum Gasteiger partial charge on any atom is -0.399 e. The first kappa shape index (κ1) is 10.0. The molecule has 0 aliphatic carbocycles. The van der Waals surface area contributed by atoms with Crippen LogP contribution in [0.3, 0.4) is 0 Å². The molecular weight excluding hydrogens is 188 g/mol. The van der Waals surface area contributed by atoms with Gasteiger partial charge in [0, 0.05) is 19.2 Å². The third-order valence-electron chi connectivity index (χ3n) is 3.11. The van der Waals surface area contributed by atoms with Crippen molar-refractivity contribution in [1.82, 2.24) is 4.90 Å². The van der Waals surface area contributed by atoms with Crippen molar-refractivity contribution in [2.45, 2.75) is 26.3 Å². The number of benzene rings is 1. The van der Waals surface area contributed by atoms with Gasteiger partial charge in [0.05, 0.1) is 6.04 Å². The van der Waals surface area contributed by atoms with Crippen molar-refractivity contribution in [1.29, 1.82) is 0 Å². The second-order valence-corrected chi connectivity index (χ2v) is 4.10. The predicted molar refractivity (Wildman–Crippen MR) is 60.4 cm³/mol. The van der Waals surface area contributed by atoms with Crippen LogP contribution in [0, 0.1) is 0 Å². The summed E-state index contributed by atoms with van der Waals surface area (Å²) in [5, 5.41) is 0. The topological polar surface area (TPSA) is 46.3 Å². The molecule has 0 saturated carbocycles. The molecule has 1 atom stereocenters. The van der Waals surface area contributed by atoms with Crippen molar-refractivity contribution in [3.05, 3.63) is 29.3 Å². The van der Waals surface area contributed by atoms with Crippen molar-refractivity contribution in [2.24, 2.45) is 0 Å². The Morgan fingerprint density at radius 2 is 2.27 bits per heavy atom. The molecule has 15 heavy (non-hydrogen) atoms. The number of nitrogens with two attached hydrogens (primary N) is 1. The van der Waals surface area contributed by atoms with Gasteiger partial charge in [0.15, 0.2) is 0 Å². The van der Waals surface area contributed by atoms with Gasteiger partial charge in [-0.1, -0.05) is 6.07 Å². The summed E-state index contributed by atoms with van der Waals surface area (Å²) in [5.41, 5.74) is 9.04. The second kappa shape index (κ2) is 3.57.